The van der Waals surface area contributed by atoms with E-state index in [2.05, 4.69) is 22.3 Å². The van der Waals surface area contributed by atoms with Crippen molar-refractivity contribution >= 4 is 11.3 Å². The molecule has 2 heterocycles. The Hall–Kier alpha value is -1.20. The first-order chi connectivity index (χ1) is 7.34. The van der Waals surface area contributed by atoms with E-state index in [0.717, 1.165) is 18.1 Å². The summed E-state index contributed by atoms with van der Waals surface area (Å²) in [6.07, 6.45) is 5.61. The number of aromatic nitrogens is 3. The van der Waals surface area contributed by atoms with Gasteiger partial charge < -0.3 is 5.32 Å². The van der Waals surface area contributed by atoms with Crippen LogP contribution in [0.15, 0.2) is 30.0 Å². The van der Waals surface area contributed by atoms with Gasteiger partial charge in [0, 0.05) is 36.6 Å². The fourth-order valence-corrected chi connectivity index (χ4v) is 1.92. The van der Waals surface area contributed by atoms with Crippen molar-refractivity contribution in [3.63, 3.8) is 0 Å². The van der Waals surface area contributed by atoms with Crippen LogP contribution in [0.1, 0.15) is 11.9 Å². The molecule has 0 aromatic carbocycles. The highest BCUT2D eigenvalue weighted by Crippen LogP contribution is 2.03. The first kappa shape index (κ1) is 10.3. The van der Waals surface area contributed by atoms with Crippen molar-refractivity contribution in [1.29, 1.82) is 0 Å². The zero-order valence-corrected chi connectivity index (χ0v) is 9.44. The minimum absolute atomic E-state index is 0.397. The fraction of sp³-hybridized carbons (Fsp3) is 0.400. The summed E-state index contributed by atoms with van der Waals surface area (Å²) >= 11 is 1.68. The summed E-state index contributed by atoms with van der Waals surface area (Å²) < 4.78 is 1.93. The molecule has 1 atom stereocenters. The summed E-state index contributed by atoms with van der Waals surface area (Å²) in [5.74, 6) is 0. The van der Waals surface area contributed by atoms with Gasteiger partial charge in [-0.25, -0.2) is 4.98 Å². The van der Waals surface area contributed by atoms with Gasteiger partial charge in [0.15, 0.2) is 0 Å². The van der Waals surface area contributed by atoms with Crippen LogP contribution in [-0.4, -0.2) is 20.8 Å². The molecule has 0 saturated heterocycles. The maximum absolute atomic E-state index is 4.22. The van der Waals surface area contributed by atoms with Gasteiger partial charge in [0.25, 0.3) is 0 Å². The van der Waals surface area contributed by atoms with Gasteiger partial charge in [0.05, 0.1) is 6.54 Å². The number of nitrogens with one attached hydrogen (secondary N) is 1. The molecule has 4 nitrogen and oxygen atoms in total. The number of thiazole rings is 1. The van der Waals surface area contributed by atoms with Crippen LogP contribution in [0.3, 0.4) is 0 Å². The second-order valence-electron chi connectivity index (χ2n) is 3.44. The average molecular weight is 222 g/mol. The van der Waals surface area contributed by atoms with Crippen LogP contribution in [0.2, 0.25) is 0 Å². The number of hydrogen-bond donors (Lipinski definition) is 1. The molecule has 2 aromatic rings. The third-order valence-electron chi connectivity index (χ3n) is 2.11. The smallest absolute Gasteiger partial charge is 0.106 e. The summed E-state index contributed by atoms with van der Waals surface area (Å²) in [5, 5.41) is 10.7. The van der Waals surface area contributed by atoms with Crippen molar-refractivity contribution in [1.82, 2.24) is 20.1 Å². The molecule has 1 N–H and O–H groups in total. The van der Waals surface area contributed by atoms with Crippen LogP contribution in [0.4, 0.5) is 0 Å². The lowest BCUT2D eigenvalue weighted by atomic mass is 10.3. The molecule has 0 fully saturated rings. The van der Waals surface area contributed by atoms with E-state index in [1.54, 1.807) is 17.5 Å². The molecular formula is C10H14N4S. The first-order valence-corrected chi connectivity index (χ1v) is 5.82. The van der Waals surface area contributed by atoms with E-state index in [-0.39, 0.29) is 0 Å². The molecule has 0 amide bonds. The molecule has 0 spiro atoms. The largest absolute Gasteiger partial charge is 0.306 e. The van der Waals surface area contributed by atoms with E-state index in [0.29, 0.717) is 6.04 Å². The van der Waals surface area contributed by atoms with E-state index in [1.807, 2.05) is 28.5 Å². The Morgan fingerprint density at radius 2 is 2.47 bits per heavy atom. The fourth-order valence-electron chi connectivity index (χ4n) is 1.36. The Bertz CT molecular complexity index is 368. The van der Waals surface area contributed by atoms with Gasteiger partial charge >= 0.3 is 0 Å². The van der Waals surface area contributed by atoms with Crippen LogP contribution >= 0.6 is 11.3 Å². The van der Waals surface area contributed by atoms with E-state index in [1.165, 1.54) is 0 Å². The highest BCUT2D eigenvalue weighted by molar-refractivity contribution is 7.09. The van der Waals surface area contributed by atoms with Crippen molar-refractivity contribution in [2.45, 2.75) is 26.1 Å². The molecule has 1 unspecified atom stereocenters. The minimum atomic E-state index is 0.397. The zero-order valence-electron chi connectivity index (χ0n) is 8.63. The third kappa shape index (κ3) is 3.14. The van der Waals surface area contributed by atoms with E-state index >= 15 is 0 Å². The molecule has 2 rings (SSSR count). The second-order valence-corrected chi connectivity index (χ2v) is 4.42. The van der Waals surface area contributed by atoms with E-state index < -0.39 is 0 Å². The van der Waals surface area contributed by atoms with Gasteiger partial charge in [-0.15, -0.1) is 11.3 Å². The number of nitrogens with zero attached hydrogens (tertiary/aromatic N) is 3. The molecule has 2 aromatic heterocycles. The predicted molar refractivity (Wildman–Crippen MR) is 60.6 cm³/mol. The monoisotopic (exact) mass is 222 g/mol. The summed E-state index contributed by atoms with van der Waals surface area (Å²) in [6.45, 7) is 3.87. The first-order valence-electron chi connectivity index (χ1n) is 4.94. The Labute approximate surface area is 93.0 Å². The highest BCUT2D eigenvalue weighted by Gasteiger charge is 2.03. The lowest BCUT2D eigenvalue weighted by Gasteiger charge is -2.12. The van der Waals surface area contributed by atoms with E-state index in [9.17, 15) is 0 Å². The molecule has 0 aliphatic heterocycles. The summed E-state index contributed by atoms with van der Waals surface area (Å²) in [4.78, 5) is 4.22. The molecular weight excluding hydrogens is 208 g/mol. The van der Waals surface area contributed by atoms with Crippen LogP contribution in [-0.2, 0) is 13.1 Å². The number of hydrogen-bond acceptors (Lipinski definition) is 4. The van der Waals surface area contributed by atoms with Crippen molar-refractivity contribution in [2.75, 3.05) is 0 Å². The van der Waals surface area contributed by atoms with Gasteiger partial charge in [-0.05, 0) is 13.0 Å². The summed E-state index contributed by atoms with van der Waals surface area (Å²) in [6, 6.07) is 2.34. The molecule has 0 radical (unpaired) electrons. The predicted octanol–water partition coefficient (Wildman–Crippen LogP) is 1.52. The maximum atomic E-state index is 4.22. The number of rotatable bonds is 5. The maximum Gasteiger partial charge on any atom is 0.106 e. The van der Waals surface area contributed by atoms with Crippen LogP contribution in [0.5, 0.6) is 0 Å². The van der Waals surface area contributed by atoms with Crippen LogP contribution in [0, 0.1) is 0 Å². The molecule has 0 aliphatic carbocycles. The Kier molecular flexibility index (Phi) is 3.47. The van der Waals surface area contributed by atoms with Crippen molar-refractivity contribution in [3.05, 3.63) is 35.0 Å². The van der Waals surface area contributed by atoms with Crippen molar-refractivity contribution in [3.8, 4) is 0 Å². The summed E-state index contributed by atoms with van der Waals surface area (Å²) in [5.41, 5.74) is 0. The van der Waals surface area contributed by atoms with Gasteiger partial charge in [-0.1, -0.05) is 0 Å². The van der Waals surface area contributed by atoms with Crippen LogP contribution < -0.4 is 5.32 Å². The third-order valence-corrected chi connectivity index (χ3v) is 2.88. The van der Waals surface area contributed by atoms with Crippen molar-refractivity contribution < 1.29 is 0 Å². The molecule has 0 bridgehead atoms. The lowest BCUT2D eigenvalue weighted by molar-refractivity contribution is 0.450. The Morgan fingerprint density at radius 3 is 3.13 bits per heavy atom. The molecule has 80 valence electrons. The zero-order chi connectivity index (χ0) is 10.5. The Morgan fingerprint density at radius 1 is 1.53 bits per heavy atom. The van der Waals surface area contributed by atoms with Gasteiger partial charge in [0.2, 0.25) is 0 Å². The quantitative estimate of drug-likeness (QED) is 0.834. The SMILES string of the molecule is CC(Cn1cccn1)NCc1nccs1. The van der Waals surface area contributed by atoms with Gasteiger partial charge in [0.1, 0.15) is 5.01 Å². The van der Waals surface area contributed by atoms with Gasteiger partial charge in [-0.2, -0.15) is 5.10 Å². The van der Waals surface area contributed by atoms with Crippen molar-refractivity contribution in [2.24, 2.45) is 0 Å². The second kappa shape index (κ2) is 5.04. The lowest BCUT2D eigenvalue weighted by Crippen LogP contribution is -2.30. The minimum Gasteiger partial charge on any atom is -0.306 e. The molecule has 0 aliphatic rings. The Balaban J connectivity index is 1.76. The molecule has 5 heteroatoms. The summed E-state index contributed by atoms with van der Waals surface area (Å²) in [7, 11) is 0. The van der Waals surface area contributed by atoms with E-state index in [4.69, 9.17) is 0 Å². The topological polar surface area (TPSA) is 42.7 Å². The standard InChI is InChI=1S/C10H14N4S/c1-9(8-14-5-2-3-13-14)12-7-10-11-4-6-15-10/h2-6,9,12H,7-8H2,1H3. The average Bonchev–Trinajstić information content (AvgIpc) is 2.86. The normalized spacial score (nSPS) is 12.9. The molecule has 0 saturated carbocycles. The molecule has 15 heavy (non-hydrogen) atoms. The van der Waals surface area contributed by atoms with Gasteiger partial charge in [-0.3, -0.25) is 4.68 Å². The van der Waals surface area contributed by atoms with Crippen LogP contribution in [0.25, 0.3) is 0 Å². The highest BCUT2D eigenvalue weighted by atomic mass is 32.1.